The summed E-state index contributed by atoms with van der Waals surface area (Å²) in [6, 6.07) is 7.52. The molecule has 1 aromatic carbocycles. The van der Waals surface area contributed by atoms with Gasteiger partial charge in [-0.1, -0.05) is 20.8 Å². The molecular formula is C21H35N3O3Si. The second-order valence-electron chi connectivity index (χ2n) is 9.68. The van der Waals surface area contributed by atoms with Crippen LogP contribution >= 0.6 is 0 Å². The van der Waals surface area contributed by atoms with Crippen LogP contribution in [-0.4, -0.2) is 57.2 Å². The zero-order valence-electron chi connectivity index (χ0n) is 17.9. The molecule has 7 heteroatoms. The van der Waals surface area contributed by atoms with Crippen molar-refractivity contribution in [1.29, 1.82) is 0 Å². The fraction of sp³-hybridized carbons (Fsp3) is 0.714. The van der Waals surface area contributed by atoms with Crippen LogP contribution in [0.4, 0.5) is 11.4 Å². The van der Waals surface area contributed by atoms with Crippen LogP contribution in [0.25, 0.3) is 0 Å². The maximum absolute atomic E-state index is 10.8. The number of likely N-dealkylation sites (tertiary alicyclic amines) is 1. The van der Waals surface area contributed by atoms with Crippen molar-refractivity contribution in [2.75, 3.05) is 31.1 Å². The Labute approximate surface area is 170 Å². The van der Waals surface area contributed by atoms with Gasteiger partial charge in [0.2, 0.25) is 0 Å². The van der Waals surface area contributed by atoms with Crippen molar-refractivity contribution >= 4 is 20.4 Å². The van der Waals surface area contributed by atoms with E-state index in [2.05, 4.69) is 43.7 Å². The van der Waals surface area contributed by atoms with Gasteiger partial charge in [-0.2, -0.15) is 0 Å². The molecule has 1 aromatic rings. The number of hydrogen-bond donors (Lipinski definition) is 0. The highest BCUT2D eigenvalue weighted by molar-refractivity contribution is 6.48. The van der Waals surface area contributed by atoms with Gasteiger partial charge >= 0.3 is 0 Å². The Morgan fingerprint density at radius 2 is 1.71 bits per heavy atom. The molecule has 1 atom stereocenters. The molecule has 0 aliphatic carbocycles. The minimum Gasteiger partial charge on any atom is -0.417 e. The van der Waals surface area contributed by atoms with Gasteiger partial charge in [0, 0.05) is 37.0 Å². The van der Waals surface area contributed by atoms with Crippen molar-refractivity contribution < 1.29 is 9.35 Å². The quantitative estimate of drug-likeness (QED) is 0.408. The lowest BCUT2D eigenvalue weighted by atomic mass is 9.77. The van der Waals surface area contributed by atoms with Crippen molar-refractivity contribution in [2.45, 2.75) is 58.9 Å². The number of rotatable bonds is 6. The van der Waals surface area contributed by atoms with Gasteiger partial charge in [-0.05, 0) is 62.5 Å². The van der Waals surface area contributed by atoms with Gasteiger partial charge in [0.25, 0.3) is 5.69 Å². The summed E-state index contributed by atoms with van der Waals surface area (Å²) in [5, 5.41) is 10.8. The summed E-state index contributed by atoms with van der Waals surface area (Å²) >= 11 is 0. The van der Waals surface area contributed by atoms with E-state index in [9.17, 15) is 10.1 Å². The first-order valence-corrected chi connectivity index (χ1v) is 13.3. The Balaban J connectivity index is 1.49. The normalized spacial score (nSPS) is 21.0. The molecule has 2 heterocycles. The van der Waals surface area contributed by atoms with Crippen molar-refractivity contribution in [3.8, 4) is 0 Å². The molecule has 0 aromatic heterocycles. The molecule has 6 nitrogen and oxygen atoms in total. The van der Waals surface area contributed by atoms with Crippen molar-refractivity contribution in [3.63, 3.8) is 0 Å². The van der Waals surface area contributed by atoms with Crippen LogP contribution in [0, 0.1) is 21.4 Å². The lowest BCUT2D eigenvalue weighted by molar-refractivity contribution is -0.384. The highest BCUT2D eigenvalue weighted by Crippen LogP contribution is 2.36. The van der Waals surface area contributed by atoms with E-state index in [1.54, 1.807) is 12.1 Å². The molecule has 2 fully saturated rings. The summed E-state index contributed by atoms with van der Waals surface area (Å²) in [5.41, 5.74) is 1.44. The second-order valence-corrected chi connectivity index (χ2v) is 12.0. The SMILES string of the molecule is C[SiH](C)OC(C1CCN(C2CN(c3ccc([N+](=O)[O-])cc3)C2)CC1)C(C)(C)C. The van der Waals surface area contributed by atoms with Crippen molar-refractivity contribution in [3.05, 3.63) is 34.4 Å². The van der Waals surface area contributed by atoms with Gasteiger partial charge < -0.3 is 9.33 Å². The number of nitrogens with zero attached hydrogens (tertiary/aromatic N) is 3. The third kappa shape index (κ3) is 4.93. The van der Waals surface area contributed by atoms with Gasteiger partial charge in [0.15, 0.2) is 9.04 Å². The zero-order valence-corrected chi connectivity index (χ0v) is 19.1. The lowest BCUT2D eigenvalue weighted by Crippen LogP contribution is -2.61. The third-order valence-corrected chi connectivity index (χ3v) is 6.92. The van der Waals surface area contributed by atoms with E-state index >= 15 is 0 Å². The van der Waals surface area contributed by atoms with Crippen molar-refractivity contribution in [1.82, 2.24) is 4.90 Å². The second kappa shape index (κ2) is 8.51. The minimum absolute atomic E-state index is 0.156. The van der Waals surface area contributed by atoms with Crippen LogP contribution in [-0.2, 0) is 4.43 Å². The number of benzene rings is 1. The van der Waals surface area contributed by atoms with Crippen LogP contribution in [0.2, 0.25) is 13.1 Å². The van der Waals surface area contributed by atoms with Crippen molar-refractivity contribution in [2.24, 2.45) is 11.3 Å². The maximum atomic E-state index is 10.8. The van der Waals surface area contributed by atoms with Gasteiger partial charge in [-0.25, -0.2) is 0 Å². The maximum Gasteiger partial charge on any atom is 0.269 e. The lowest BCUT2D eigenvalue weighted by Gasteiger charge is -2.50. The number of piperidine rings is 1. The zero-order chi connectivity index (χ0) is 20.5. The molecular weight excluding hydrogens is 370 g/mol. The monoisotopic (exact) mass is 405 g/mol. The standard InChI is InChI=1S/C21H35N3O3Si/c1-21(2,3)20(27-28(4)5)16-10-12-22(13-11-16)19-14-23(15-19)17-6-8-18(9-7-17)24(25)26/h6-9,16,19-20,28H,10-15H2,1-5H3. The summed E-state index contributed by atoms with van der Waals surface area (Å²) in [6.07, 6.45) is 2.81. The number of nitro groups is 1. The molecule has 156 valence electrons. The van der Waals surface area contributed by atoms with E-state index in [4.69, 9.17) is 4.43 Å². The summed E-state index contributed by atoms with van der Waals surface area (Å²) in [5.74, 6) is 0.664. The predicted octanol–water partition coefficient (Wildman–Crippen LogP) is 3.91. The van der Waals surface area contributed by atoms with E-state index in [0.717, 1.165) is 31.9 Å². The van der Waals surface area contributed by atoms with Gasteiger partial charge in [0.05, 0.1) is 11.0 Å². The van der Waals surface area contributed by atoms with Crippen LogP contribution in [0.15, 0.2) is 24.3 Å². The molecule has 2 saturated heterocycles. The highest BCUT2D eigenvalue weighted by atomic mass is 28.3. The minimum atomic E-state index is -1.05. The fourth-order valence-corrected chi connectivity index (χ4v) is 5.80. The molecule has 28 heavy (non-hydrogen) atoms. The summed E-state index contributed by atoms with van der Waals surface area (Å²) in [7, 11) is -1.05. The molecule has 0 amide bonds. The van der Waals surface area contributed by atoms with E-state index < -0.39 is 9.04 Å². The molecule has 2 aliphatic heterocycles. The Kier molecular flexibility index (Phi) is 6.46. The van der Waals surface area contributed by atoms with E-state index in [1.807, 2.05) is 12.1 Å². The summed E-state index contributed by atoms with van der Waals surface area (Å²) in [4.78, 5) is 15.4. The Bertz CT molecular complexity index is 660. The molecule has 0 spiro atoms. The molecule has 0 N–H and O–H groups in total. The summed E-state index contributed by atoms with van der Waals surface area (Å²) < 4.78 is 6.46. The average Bonchev–Trinajstić information content (AvgIpc) is 2.58. The number of hydrogen-bond acceptors (Lipinski definition) is 5. The molecule has 3 rings (SSSR count). The summed E-state index contributed by atoms with van der Waals surface area (Å²) in [6.45, 7) is 15.8. The van der Waals surface area contributed by atoms with E-state index in [1.165, 1.54) is 12.8 Å². The largest absolute Gasteiger partial charge is 0.417 e. The van der Waals surface area contributed by atoms with Crippen LogP contribution in [0.5, 0.6) is 0 Å². The predicted molar refractivity (Wildman–Crippen MR) is 117 cm³/mol. The average molecular weight is 406 g/mol. The molecule has 0 saturated carbocycles. The van der Waals surface area contributed by atoms with Crippen LogP contribution in [0.3, 0.4) is 0 Å². The van der Waals surface area contributed by atoms with Gasteiger partial charge in [-0.3, -0.25) is 15.0 Å². The van der Waals surface area contributed by atoms with Gasteiger partial charge in [0.1, 0.15) is 0 Å². The first-order valence-electron chi connectivity index (χ1n) is 10.5. The third-order valence-electron chi connectivity index (χ3n) is 6.08. The number of anilines is 1. The highest BCUT2D eigenvalue weighted by Gasteiger charge is 2.39. The van der Waals surface area contributed by atoms with E-state index in [0.29, 0.717) is 18.1 Å². The van der Waals surface area contributed by atoms with Gasteiger partial charge in [-0.15, -0.1) is 0 Å². The Hall–Kier alpha value is -1.44. The Morgan fingerprint density at radius 3 is 2.18 bits per heavy atom. The fourth-order valence-electron chi connectivity index (χ4n) is 4.59. The molecule has 0 bridgehead atoms. The molecule has 0 radical (unpaired) electrons. The Morgan fingerprint density at radius 1 is 1.14 bits per heavy atom. The first kappa shape index (κ1) is 21.3. The number of non-ortho nitro benzene ring substituents is 1. The molecule has 2 aliphatic rings. The topological polar surface area (TPSA) is 58.8 Å². The van der Waals surface area contributed by atoms with E-state index in [-0.39, 0.29) is 16.0 Å². The van der Waals surface area contributed by atoms with Crippen LogP contribution in [0.1, 0.15) is 33.6 Å². The van der Waals surface area contributed by atoms with Crippen LogP contribution < -0.4 is 4.90 Å². The first-order chi connectivity index (χ1) is 13.1. The molecule has 1 unspecified atom stereocenters. The smallest absolute Gasteiger partial charge is 0.269 e. The number of nitro benzene ring substituents is 1.